The Labute approximate surface area is 147 Å². The molecular formula is C19H25N3O3. The molecule has 0 aliphatic carbocycles. The summed E-state index contributed by atoms with van der Waals surface area (Å²) in [4.78, 5) is 14.6. The van der Waals surface area contributed by atoms with E-state index >= 15 is 0 Å². The van der Waals surface area contributed by atoms with Gasteiger partial charge in [-0.1, -0.05) is 30.3 Å². The first kappa shape index (κ1) is 17.6. The molecule has 25 heavy (non-hydrogen) atoms. The van der Waals surface area contributed by atoms with Gasteiger partial charge in [0.05, 0.1) is 31.9 Å². The summed E-state index contributed by atoms with van der Waals surface area (Å²) in [5.41, 5.74) is 3.09. The average molecular weight is 343 g/mol. The van der Waals surface area contributed by atoms with Gasteiger partial charge in [0, 0.05) is 24.2 Å². The zero-order valence-electron chi connectivity index (χ0n) is 14.8. The number of rotatable bonds is 5. The lowest BCUT2D eigenvalue weighted by Gasteiger charge is -2.42. The van der Waals surface area contributed by atoms with Gasteiger partial charge in [0.25, 0.3) is 0 Å². The molecule has 1 atom stereocenters. The second kappa shape index (κ2) is 7.37. The summed E-state index contributed by atoms with van der Waals surface area (Å²) in [5.74, 6) is 0.0433. The molecule has 1 saturated heterocycles. The van der Waals surface area contributed by atoms with E-state index in [1.165, 1.54) is 0 Å². The standard InChI is InChI=1S/C19H25N3O3/c1-14-17(15(2)21-20-14)10-18(24)22-8-9-25-19(12-22,13-23)11-16-6-4-3-5-7-16/h3-7,23H,8-13H2,1-2H3,(H,20,21). The highest BCUT2D eigenvalue weighted by atomic mass is 16.5. The topological polar surface area (TPSA) is 78.5 Å². The summed E-state index contributed by atoms with van der Waals surface area (Å²) < 4.78 is 5.92. The van der Waals surface area contributed by atoms with E-state index in [2.05, 4.69) is 10.2 Å². The van der Waals surface area contributed by atoms with Gasteiger partial charge in [-0.15, -0.1) is 0 Å². The Hall–Kier alpha value is -2.18. The van der Waals surface area contributed by atoms with Crippen LogP contribution in [0, 0.1) is 13.8 Å². The van der Waals surface area contributed by atoms with Gasteiger partial charge in [0.15, 0.2) is 0 Å². The molecule has 3 rings (SSSR count). The van der Waals surface area contributed by atoms with Crippen molar-refractivity contribution in [1.29, 1.82) is 0 Å². The molecule has 6 heteroatoms. The van der Waals surface area contributed by atoms with Gasteiger partial charge >= 0.3 is 0 Å². The molecule has 2 aromatic rings. The van der Waals surface area contributed by atoms with Crippen LogP contribution in [0.5, 0.6) is 0 Å². The quantitative estimate of drug-likeness (QED) is 0.860. The van der Waals surface area contributed by atoms with Gasteiger partial charge in [0.2, 0.25) is 5.91 Å². The number of hydrogen-bond donors (Lipinski definition) is 2. The number of amides is 1. The Kier molecular flexibility index (Phi) is 5.20. The minimum atomic E-state index is -0.740. The third-order valence-corrected chi connectivity index (χ3v) is 4.87. The molecule has 0 saturated carbocycles. The number of nitrogens with zero attached hydrogens (tertiary/aromatic N) is 2. The number of hydrogen-bond acceptors (Lipinski definition) is 4. The maximum atomic E-state index is 12.8. The number of morpholine rings is 1. The molecule has 0 spiro atoms. The van der Waals surface area contributed by atoms with Crippen molar-refractivity contribution in [3.63, 3.8) is 0 Å². The predicted octanol–water partition coefficient (Wildman–Crippen LogP) is 1.40. The monoisotopic (exact) mass is 343 g/mol. The Morgan fingerprint density at radius 2 is 2.12 bits per heavy atom. The van der Waals surface area contributed by atoms with Gasteiger partial charge in [-0.2, -0.15) is 5.10 Å². The van der Waals surface area contributed by atoms with Crippen molar-refractivity contribution in [2.24, 2.45) is 0 Å². The molecule has 1 amide bonds. The average Bonchev–Trinajstić information content (AvgIpc) is 2.94. The van der Waals surface area contributed by atoms with Crippen molar-refractivity contribution in [3.8, 4) is 0 Å². The maximum absolute atomic E-state index is 12.8. The van der Waals surface area contributed by atoms with Gasteiger partial charge in [-0.25, -0.2) is 0 Å². The van der Waals surface area contributed by atoms with Crippen LogP contribution in [0.25, 0.3) is 0 Å². The molecule has 1 fully saturated rings. The van der Waals surface area contributed by atoms with Crippen molar-refractivity contribution in [2.75, 3.05) is 26.3 Å². The number of aromatic amines is 1. The molecule has 2 heterocycles. The first-order chi connectivity index (χ1) is 12.0. The number of nitrogens with one attached hydrogen (secondary N) is 1. The van der Waals surface area contributed by atoms with Crippen LogP contribution in [0.4, 0.5) is 0 Å². The van der Waals surface area contributed by atoms with Crippen LogP contribution in [-0.2, 0) is 22.4 Å². The molecular weight excluding hydrogens is 318 g/mol. The number of ether oxygens (including phenoxy) is 1. The van der Waals surface area contributed by atoms with Crippen LogP contribution < -0.4 is 0 Å². The number of carbonyl (C=O) groups excluding carboxylic acids is 1. The molecule has 6 nitrogen and oxygen atoms in total. The second-order valence-electron chi connectivity index (χ2n) is 6.76. The molecule has 1 aromatic heterocycles. The molecule has 1 unspecified atom stereocenters. The molecule has 0 radical (unpaired) electrons. The Bertz CT molecular complexity index is 709. The smallest absolute Gasteiger partial charge is 0.227 e. The summed E-state index contributed by atoms with van der Waals surface area (Å²) in [7, 11) is 0. The van der Waals surface area contributed by atoms with Gasteiger partial charge in [-0.3, -0.25) is 9.89 Å². The molecule has 2 N–H and O–H groups in total. The fourth-order valence-electron chi connectivity index (χ4n) is 3.38. The third kappa shape index (κ3) is 3.91. The first-order valence-electron chi connectivity index (χ1n) is 8.60. The number of aliphatic hydroxyl groups is 1. The fourth-order valence-corrected chi connectivity index (χ4v) is 3.38. The first-order valence-corrected chi connectivity index (χ1v) is 8.60. The van der Waals surface area contributed by atoms with Crippen LogP contribution in [0.1, 0.15) is 22.5 Å². The van der Waals surface area contributed by atoms with Crippen LogP contribution in [0.15, 0.2) is 30.3 Å². The van der Waals surface area contributed by atoms with Crippen molar-refractivity contribution in [1.82, 2.24) is 15.1 Å². The summed E-state index contributed by atoms with van der Waals surface area (Å²) in [6.45, 7) is 5.09. The minimum absolute atomic E-state index is 0.0433. The highest BCUT2D eigenvalue weighted by Gasteiger charge is 2.38. The van der Waals surface area contributed by atoms with E-state index < -0.39 is 5.60 Å². The Morgan fingerprint density at radius 3 is 2.76 bits per heavy atom. The van der Waals surface area contributed by atoms with Crippen LogP contribution >= 0.6 is 0 Å². The van der Waals surface area contributed by atoms with Crippen molar-refractivity contribution in [3.05, 3.63) is 52.8 Å². The van der Waals surface area contributed by atoms with E-state index in [9.17, 15) is 9.90 Å². The number of aryl methyl sites for hydroxylation is 2. The van der Waals surface area contributed by atoms with Crippen molar-refractivity contribution < 1.29 is 14.6 Å². The number of carbonyl (C=O) groups is 1. The lowest BCUT2D eigenvalue weighted by atomic mass is 9.93. The number of aliphatic hydroxyl groups excluding tert-OH is 1. The van der Waals surface area contributed by atoms with Crippen LogP contribution in [0.2, 0.25) is 0 Å². The highest BCUT2D eigenvalue weighted by Crippen LogP contribution is 2.24. The van der Waals surface area contributed by atoms with Crippen LogP contribution in [0.3, 0.4) is 0 Å². The zero-order chi connectivity index (χ0) is 17.9. The van der Waals surface area contributed by atoms with E-state index in [4.69, 9.17) is 4.74 Å². The third-order valence-electron chi connectivity index (χ3n) is 4.87. The zero-order valence-corrected chi connectivity index (χ0v) is 14.8. The summed E-state index contributed by atoms with van der Waals surface area (Å²) in [6, 6.07) is 9.93. The van der Waals surface area contributed by atoms with E-state index in [1.54, 1.807) is 4.90 Å². The van der Waals surface area contributed by atoms with E-state index in [0.29, 0.717) is 32.5 Å². The molecule has 1 aliphatic rings. The normalized spacial score (nSPS) is 20.7. The second-order valence-corrected chi connectivity index (χ2v) is 6.76. The predicted molar refractivity (Wildman–Crippen MR) is 94.3 cm³/mol. The van der Waals surface area contributed by atoms with Gasteiger partial charge in [-0.05, 0) is 19.4 Å². The lowest BCUT2D eigenvalue weighted by molar-refractivity contribution is -0.157. The molecule has 0 bridgehead atoms. The number of H-pyrrole nitrogens is 1. The summed E-state index contributed by atoms with van der Waals surface area (Å²) in [5, 5.41) is 17.0. The highest BCUT2D eigenvalue weighted by molar-refractivity contribution is 5.79. The van der Waals surface area contributed by atoms with Gasteiger partial charge in [0.1, 0.15) is 5.60 Å². The number of aromatic nitrogens is 2. The fraction of sp³-hybridized carbons (Fsp3) is 0.474. The molecule has 134 valence electrons. The van der Waals surface area contributed by atoms with E-state index in [1.807, 2.05) is 44.2 Å². The maximum Gasteiger partial charge on any atom is 0.227 e. The summed E-state index contributed by atoms with van der Waals surface area (Å²) in [6.07, 6.45) is 0.902. The SMILES string of the molecule is Cc1n[nH]c(C)c1CC(=O)N1CCOC(CO)(Cc2ccccc2)C1. The van der Waals surface area contributed by atoms with Crippen LogP contribution in [-0.4, -0.2) is 58.0 Å². The number of benzene rings is 1. The van der Waals surface area contributed by atoms with Crippen molar-refractivity contribution >= 4 is 5.91 Å². The van der Waals surface area contributed by atoms with Gasteiger partial charge < -0.3 is 14.7 Å². The van der Waals surface area contributed by atoms with E-state index in [0.717, 1.165) is 22.5 Å². The minimum Gasteiger partial charge on any atom is -0.393 e. The Morgan fingerprint density at radius 1 is 1.36 bits per heavy atom. The van der Waals surface area contributed by atoms with Crippen molar-refractivity contribution in [2.45, 2.75) is 32.3 Å². The summed E-state index contributed by atoms with van der Waals surface area (Å²) >= 11 is 0. The largest absolute Gasteiger partial charge is 0.393 e. The Balaban J connectivity index is 1.71. The lowest BCUT2D eigenvalue weighted by Crippen LogP contribution is -2.57. The van der Waals surface area contributed by atoms with E-state index in [-0.39, 0.29) is 12.5 Å². The molecule has 1 aliphatic heterocycles. The molecule has 1 aromatic carbocycles.